The van der Waals surface area contributed by atoms with E-state index < -0.39 is 0 Å². The van der Waals surface area contributed by atoms with Crippen molar-refractivity contribution in [2.45, 2.75) is 53.4 Å². The van der Waals surface area contributed by atoms with Crippen LogP contribution in [0, 0.1) is 12.8 Å². The molecule has 3 amide bonds. The van der Waals surface area contributed by atoms with Gasteiger partial charge >= 0.3 is 6.03 Å². The van der Waals surface area contributed by atoms with Crippen molar-refractivity contribution in [2.75, 3.05) is 30.8 Å². The van der Waals surface area contributed by atoms with E-state index in [4.69, 9.17) is 9.84 Å². The Balaban J connectivity index is 1.81. The molecule has 3 aromatic rings. The molecule has 0 spiro atoms. The third kappa shape index (κ3) is 7.84. The average Bonchev–Trinajstić information content (AvgIpc) is 3.27. The van der Waals surface area contributed by atoms with Gasteiger partial charge in [0.05, 0.1) is 18.5 Å². The molecule has 0 radical (unpaired) electrons. The molecular formula is C29H39N5O3. The highest BCUT2D eigenvalue weighted by Gasteiger charge is 2.23. The number of nitrogens with one attached hydrogen (secondary N) is 2. The van der Waals surface area contributed by atoms with E-state index in [1.807, 2.05) is 61.5 Å². The highest BCUT2D eigenvalue weighted by molar-refractivity contribution is 5.96. The van der Waals surface area contributed by atoms with Crippen molar-refractivity contribution < 1.29 is 14.3 Å². The fourth-order valence-corrected chi connectivity index (χ4v) is 3.62. The Morgan fingerprint density at radius 3 is 2.24 bits per heavy atom. The Kier molecular flexibility index (Phi) is 8.97. The number of hydrogen-bond acceptors (Lipinski definition) is 4. The Morgan fingerprint density at radius 2 is 1.68 bits per heavy atom. The number of aryl methyl sites for hydroxylation is 1. The monoisotopic (exact) mass is 505 g/mol. The lowest BCUT2D eigenvalue weighted by Gasteiger charge is -2.23. The lowest BCUT2D eigenvalue weighted by Crippen LogP contribution is -2.41. The summed E-state index contributed by atoms with van der Waals surface area (Å²) in [5.74, 6) is 1.38. The summed E-state index contributed by atoms with van der Waals surface area (Å²) < 4.78 is 6.98. The molecule has 1 aromatic heterocycles. The molecule has 37 heavy (non-hydrogen) atoms. The lowest BCUT2D eigenvalue weighted by atomic mass is 9.92. The number of aromatic nitrogens is 2. The maximum absolute atomic E-state index is 13.2. The summed E-state index contributed by atoms with van der Waals surface area (Å²) >= 11 is 0. The predicted molar refractivity (Wildman–Crippen MR) is 149 cm³/mol. The molecule has 8 heteroatoms. The third-order valence-corrected chi connectivity index (χ3v) is 5.96. The summed E-state index contributed by atoms with van der Waals surface area (Å²) in [7, 11) is 1.62. The number of nitrogens with zero attached hydrogens (tertiary/aromatic N) is 3. The first-order valence-corrected chi connectivity index (χ1v) is 12.6. The fraction of sp³-hybridized carbons (Fsp3) is 0.414. The van der Waals surface area contributed by atoms with Gasteiger partial charge in [-0.3, -0.25) is 4.79 Å². The van der Waals surface area contributed by atoms with Gasteiger partial charge in [0.25, 0.3) is 0 Å². The number of anilines is 2. The second kappa shape index (κ2) is 12.0. The minimum atomic E-state index is -0.307. The highest BCUT2D eigenvalue weighted by Crippen LogP contribution is 2.27. The molecule has 198 valence electrons. The second-order valence-corrected chi connectivity index (χ2v) is 10.7. The van der Waals surface area contributed by atoms with Crippen LogP contribution in [-0.2, 0) is 10.2 Å². The smallest absolute Gasteiger partial charge is 0.322 e. The summed E-state index contributed by atoms with van der Waals surface area (Å²) in [6.07, 6.45) is 0.784. The zero-order chi connectivity index (χ0) is 27.2. The third-order valence-electron chi connectivity index (χ3n) is 5.96. The molecule has 0 saturated heterocycles. The van der Waals surface area contributed by atoms with Crippen LogP contribution < -0.4 is 15.4 Å². The summed E-state index contributed by atoms with van der Waals surface area (Å²) in [4.78, 5) is 27.9. The molecule has 0 atom stereocenters. The van der Waals surface area contributed by atoms with Crippen molar-refractivity contribution in [1.29, 1.82) is 0 Å². The van der Waals surface area contributed by atoms with E-state index >= 15 is 0 Å². The van der Waals surface area contributed by atoms with Gasteiger partial charge in [-0.05, 0) is 55.7 Å². The summed E-state index contributed by atoms with van der Waals surface area (Å²) in [5, 5.41) is 10.7. The van der Waals surface area contributed by atoms with Crippen LogP contribution in [0.2, 0.25) is 0 Å². The molecule has 0 aliphatic carbocycles. The first kappa shape index (κ1) is 27.8. The lowest BCUT2D eigenvalue weighted by molar-refractivity contribution is -0.116. The molecular weight excluding hydrogens is 466 g/mol. The molecule has 0 bridgehead atoms. The molecule has 0 aliphatic heterocycles. The summed E-state index contributed by atoms with van der Waals surface area (Å²) in [6, 6.07) is 16.6. The van der Waals surface area contributed by atoms with Crippen molar-refractivity contribution in [2.24, 2.45) is 5.92 Å². The maximum Gasteiger partial charge on any atom is 0.322 e. The van der Waals surface area contributed by atoms with Gasteiger partial charge in [-0.15, -0.1) is 0 Å². The quantitative estimate of drug-likeness (QED) is 0.373. The Labute approximate surface area is 220 Å². The van der Waals surface area contributed by atoms with Gasteiger partial charge in [-0.2, -0.15) is 5.10 Å². The number of rotatable bonds is 9. The van der Waals surface area contributed by atoms with Crippen LogP contribution >= 0.6 is 0 Å². The van der Waals surface area contributed by atoms with Crippen molar-refractivity contribution >= 4 is 23.4 Å². The standard InChI is InChI=1S/C29H39N5O3/c1-20(2)16-17-33(28(36)30-22-10-8-21(3)9-11-22)19-27(35)31-26-18-25(29(4,5)6)32-34(26)23-12-14-24(37-7)15-13-23/h8-15,18,20H,16-17,19H2,1-7H3,(H,30,36)(H,31,35). The molecule has 0 unspecified atom stereocenters. The van der Waals surface area contributed by atoms with E-state index in [0.717, 1.165) is 29.1 Å². The number of ether oxygens (including phenoxy) is 1. The van der Waals surface area contributed by atoms with Crippen molar-refractivity contribution in [1.82, 2.24) is 14.7 Å². The van der Waals surface area contributed by atoms with Gasteiger partial charge in [0.2, 0.25) is 5.91 Å². The summed E-state index contributed by atoms with van der Waals surface area (Å²) in [5.41, 5.74) is 3.22. The van der Waals surface area contributed by atoms with Crippen molar-refractivity contribution in [3.8, 4) is 11.4 Å². The van der Waals surface area contributed by atoms with Crippen LogP contribution in [0.5, 0.6) is 5.75 Å². The van der Waals surface area contributed by atoms with Crippen molar-refractivity contribution in [3.05, 3.63) is 65.9 Å². The molecule has 0 saturated carbocycles. The van der Waals surface area contributed by atoms with Gasteiger partial charge in [-0.25, -0.2) is 9.48 Å². The van der Waals surface area contributed by atoms with Crippen LogP contribution in [-0.4, -0.2) is 46.8 Å². The van der Waals surface area contributed by atoms with Crippen LogP contribution in [0.1, 0.15) is 52.3 Å². The van der Waals surface area contributed by atoms with Crippen molar-refractivity contribution in [3.63, 3.8) is 0 Å². The highest BCUT2D eigenvalue weighted by atomic mass is 16.5. The minimum Gasteiger partial charge on any atom is -0.497 e. The largest absolute Gasteiger partial charge is 0.497 e. The van der Waals surface area contributed by atoms with Crippen LogP contribution in [0.25, 0.3) is 5.69 Å². The Bertz CT molecular complexity index is 1190. The molecule has 2 aromatic carbocycles. The second-order valence-electron chi connectivity index (χ2n) is 10.7. The SMILES string of the molecule is COc1ccc(-n2nc(C(C)(C)C)cc2NC(=O)CN(CCC(C)C)C(=O)Nc2ccc(C)cc2)cc1. The van der Waals surface area contributed by atoms with E-state index in [9.17, 15) is 9.59 Å². The number of urea groups is 1. The number of carbonyl (C=O) groups is 2. The average molecular weight is 506 g/mol. The van der Waals surface area contributed by atoms with E-state index in [0.29, 0.717) is 24.0 Å². The Morgan fingerprint density at radius 1 is 1.03 bits per heavy atom. The topological polar surface area (TPSA) is 88.5 Å². The number of amides is 3. The summed E-state index contributed by atoms with van der Waals surface area (Å²) in [6.45, 7) is 12.8. The van der Waals surface area contributed by atoms with Crippen LogP contribution in [0.3, 0.4) is 0 Å². The zero-order valence-electron chi connectivity index (χ0n) is 23.0. The minimum absolute atomic E-state index is 0.0803. The van der Waals surface area contributed by atoms with Gasteiger partial charge in [0.1, 0.15) is 18.1 Å². The van der Waals surface area contributed by atoms with E-state index in [2.05, 4.69) is 45.3 Å². The predicted octanol–water partition coefficient (Wildman–Crippen LogP) is 6.01. The molecule has 3 rings (SSSR count). The zero-order valence-corrected chi connectivity index (χ0v) is 23.0. The first-order valence-electron chi connectivity index (χ1n) is 12.6. The first-order chi connectivity index (χ1) is 17.5. The maximum atomic E-state index is 13.2. The normalized spacial score (nSPS) is 11.4. The number of hydrogen-bond donors (Lipinski definition) is 2. The fourth-order valence-electron chi connectivity index (χ4n) is 3.62. The molecule has 0 aliphatic rings. The number of methoxy groups -OCH3 is 1. The number of carbonyl (C=O) groups excluding carboxylic acids is 2. The van der Waals surface area contributed by atoms with Crippen LogP contribution in [0.15, 0.2) is 54.6 Å². The molecule has 0 fully saturated rings. The van der Waals surface area contributed by atoms with Gasteiger partial charge < -0.3 is 20.3 Å². The van der Waals surface area contributed by atoms with Crippen LogP contribution in [0.4, 0.5) is 16.3 Å². The molecule has 1 heterocycles. The van der Waals surface area contributed by atoms with Gasteiger partial charge in [0, 0.05) is 23.7 Å². The van der Waals surface area contributed by atoms with Gasteiger partial charge in [0.15, 0.2) is 0 Å². The molecule has 8 nitrogen and oxygen atoms in total. The van der Waals surface area contributed by atoms with E-state index in [1.165, 1.54) is 0 Å². The number of benzene rings is 2. The van der Waals surface area contributed by atoms with E-state index in [1.54, 1.807) is 16.7 Å². The molecule has 2 N–H and O–H groups in total. The Hall–Kier alpha value is -3.81. The van der Waals surface area contributed by atoms with E-state index in [-0.39, 0.29) is 23.9 Å². The van der Waals surface area contributed by atoms with Gasteiger partial charge in [-0.1, -0.05) is 52.3 Å².